The van der Waals surface area contributed by atoms with E-state index in [0.29, 0.717) is 23.6 Å². The number of nitrogens with zero attached hydrogens (tertiary/aromatic N) is 2. The van der Waals surface area contributed by atoms with Gasteiger partial charge in [-0.3, -0.25) is 0 Å². The molecule has 3 nitrogen and oxygen atoms in total. The Bertz CT molecular complexity index is 572. The minimum Gasteiger partial charge on any atom is -0.378 e. The molecule has 18 heavy (non-hydrogen) atoms. The van der Waals surface area contributed by atoms with Crippen LogP contribution in [0, 0.1) is 11.3 Å². The third kappa shape index (κ3) is 3.08. The van der Waals surface area contributed by atoms with Crippen LogP contribution in [-0.4, -0.2) is 12.1 Å². The van der Waals surface area contributed by atoms with Crippen LogP contribution in [-0.2, 0) is 17.8 Å². The van der Waals surface area contributed by atoms with Crippen molar-refractivity contribution >= 4 is 22.9 Å². The van der Waals surface area contributed by atoms with Gasteiger partial charge in [0.15, 0.2) is 0 Å². The first-order valence-electron chi connectivity index (χ1n) is 5.35. The van der Waals surface area contributed by atoms with E-state index in [4.69, 9.17) is 21.6 Å². The third-order valence-electron chi connectivity index (χ3n) is 2.39. The number of thiazole rings is 1. The molecule has 0 fully saturated rings. The van der Waals surface area contributed by atoms with Crippen LogP contribution in [0.2, 0.25) is 5.02 Å². The predicted molar refractivity (Wildman–Crippen MR) is 71.8 cm³/mol. The summed E-state index contributed by atoms with van der Waals surface area (Å²) in [6.45, 7) is 0.375. The molecule has 0 unspecified atom stereocenters. The monoisotopic (exact) mass is 278 g/mol. The Morgan fingerprint density at radius 2 is 2.11 bits per heavy atom. The molecule has 0 radical (unpaired) electrons. The van der Waals surface area contributed by atoms with Gasteiger partial charge < -0.3 is 4.74 Å². The summed E-state index contributed by atoms with van der Waals surface area (Å²) in [5, 5.41) is 10.6. The Morgan fingerprint density at radius 1 is 1.39 bits per heavy atom. The lowest BCUT2D eigenvalue weighted by Gasteiger charge is -1.97. The number of hydrogen-bond donors (Lipinski definition) is 0. The molecule has 0 aliphatic heterocycles. The van der Waals surface area contributed by atoms with Crippen LogP contribution in [0.25, 0.3) is 0 Å². The molecule has 0 saturated heterocycles. The topological polar surface area (TPSA) is 45.9 Å². The summed E-state index contributed by atoms with van der Waals surface area (Å²) < 4.78 is 5.03. The van der Waals surface area contributed by atoms with E-state index in [1.165, 1.54) is 11.3 Å². The summed E-state index contributed by atoms with van der Waals surface area (Å²) in [5.41, 5.74) is 1.84. The van der Waals surface area contributed by atoms with Crippen molar-refractivity contribution in [1.82, 2.24) is 4.98 Å². The third-order valence-corrected chi connectivity index (χ3v) is 3.65. The zero-order chi connectivity index (χ0) is 13.0. The van der Waals surface area contributed by atoms with Crippen molar-refractivity contribution < 1.29 is 4.74 Å². The van der Waals surface area contributed by atoms with Gasteiger partial charge in [0.25, 0.3) is 0 Å². The lowest BCUT2D eigenvalue weighted by Crippen LogP contribution is -1.92. The largest absolute Gasteiger partial charge is 0.378 e. The molecule has 0 N–H and O–H groups in total. The maximum atomic E-state index is 9.01. The summed E-state index contributed by atoms with van der Waals surface area (Å²) in [6.07, 6.45) is 0.709. The Labute approximate surface area is 115 Å². The SMILES string of the molecule is COCc1nc(Cc2ccc(Cl)cc2)sc1C#N. The molecule has 1 aromatic heterocycles. The van der Waals surface area contributed by atoms with E-state index in [-0.39, 0.29) is 0 Å². The Balaban J connectivity index is 2.19. The zero-order valence-electron chi connectivity index (χ0n) is 9.81. The zero-order valence-corrected chi connectivity index (χ0v) is 11.4. The van der Waals surface area contributed by atoms with Crippen molar-refractivity contribution in [3.63, 3.8) is 0 Å². The first-order chi connectivity index (χ1) is 8.72. The molecule has 0 aliphatic rings. The maximum Gasteiger partial charge on any atom is 0.130 e. The molecule has 0 saturated carbocycles. The van der Waals surface area contributed by atoms with Gasteiger partial charge in [-0.25, -0.2) is 4.98 Å². The van der Waals surface area contributed by atoms with Crippen LogP contribution in [0.3, 0.4) is 0 Å². The quantitative estimate of drug-likeness (QED) is 0.861. The van der Waals surface area contributed by atoms with Crippen LogP contribution in [0.15, 0.2) is 24.3 Å². The van der Waals surface area contributed by atoms with E-state index in [1.807, 2.05) is 24.3 Å². The van der Waals surface area contributed by atoms with Gasteiger partial charge in [0.1, 0.15) is 10.9 Å². The van der Waals surface area contributed by atoms with Crippen LogP contribution in [0.4, 0.5) is 0 Å². The maximum absolute atomic E-state index is 9.01. The van der Waals surface area contributed by atoms with Crippen LogP contribution < -0.4 is 0 Å². The van der Waals surface area contributed by atoms with E-state index < -0.39 is 0 Å². The Morgan fingerprint density at radius 3 is 2.72 bits per heavy atom. The van der Waals surface area contributed by atoms with Gasteiger partial charge in [0.2, 0.25) is 0 Å². The number of ether oxygens (including phenoxy) is 1. The lowest BCUT2D eigenvalue weighted by atomic mass is 10.2. The number of halogens is 1. The number of methoxy groups -OCH3 is 1. The van der Waals surface area contributed by atoms with Gasteiger partial charge in [0.05, 0.1) is 17.3 Å². The molecule has 5 heteroatoms. The molecule has 0 amide bonds. The molecule has 0 spiro atoms. The molecule has 0 bridgehead atoms. The predicted octanol–water partition coefficient (Wildman–Crippen LogP) is 3.41. The number of benzene rings is 1. The number of hydrogen-bond acceptors (Lipinski definition) is 4. The highest BCUT2D eigenvalue weighted by molar-refractivity contribution is 7.12. The molecular formula is C13H11ClN2OS. The van der Waals surface area contributed by atoms with Crippen molar-refractivity contribution in [2.24, 2.45) is 0 Å². The van der Waals surface area contributed by atoms with Crippen LogP contribution >= 0.6 is 22.9 Å². The molecular weight excluding hydrogens is 268 g/mol. The van der Waals surface area contributed by atoms with Gasteiger partial charge >= 0.3 is 0 Å². The van der Waals surface area contributed by atoms with Crippen LogP contribution in [0.5, 0.6) is 0 Å². The molecule has 0 aliphatic carbocycles. The Kier molecular flexibility index (Phi) is 4.32. The first-order valence-corrected chi connectivity index (χ1v) is 6.54. The number of aromatic nitrogens is 1. The van der Waals surface area contributed by atoms with Gasteiger partial charge in [-0.2, -0.15) is 5.26 Å². The lowest BCUT2D eigenvalue weighted by molar-refractivity contribution is 0.181. The molecule has 1 aromatic carbocycles. The van der Waals surface area contributed by atoms with Crippen molar-refractivity contribution in [2.45, 2.75) is 13.0 Å². The van der Waals surface area contributed by atoms with Crippen molar-refractivity contribution in [3.8, 4) is 6.07 Å². The summed E-state index contributed by atoms with van der Waals surface area (Å²) in [7, 11) is 1.60. The van der Waals surface area contributed by atoms with Crippen molar-refractivity contribution in [3.05, 3.63) is 50.4 Å². The van der Waals surface area contributed by atoms with E-state index in [9.17, 15) is 0 Å². The fraction of sp³-hybridized carbons (Fsp3) is 0.231. The first kappa shape index (κ1) is 13.0. The van der Waals surface area contributed by atoms with Gasteiger partial charge in [-0.15, -0.1) is 11.3 Å². The second-order valence-corrected chi connectivity index (χ2v) is 5.25. The fourth-order valence-electron chi connectivity index (χ4n) is 1.58. The van der Waals surface area contributed by atoms with E-state index in [2.05, 4.69) is 11.1 Å². The fourth-order valence-corrected chi connectivity index (χ4v) is 2.60. The highest BCUT2D eigenvalue weighted by atomic mass is 35.5. The van der Waals surface area contributed by atoms with Crippen molar-refractivity contribution in [1.29, 1.82) is 5.26 Å². The number of nitriles is 1. The minimum atomic E-state index is 0.375. The summed E-state index contributed by atoms with van der Waals surface area (Å²) >= 11 is 7.25. The van der Waals surface area contributed by atoms with E-state index in [1.54, 1.807) is 7.11 Å². The Hall–Kier alpha value is -1.41. The van der Waals surface area contributed by atoms with Gasteiger partial charge in [0, 0.05) is 18.6 Å². The smallest absolute Gasteiger partial charge is 0.130 e. The standard InChI is InChI=1S/C13H11ClN2OS/c1-17-8-11-12(7-15)18-13(16-11)6-9-2-4-10(14)5-3-9/h2-5H,6,8H2,1H3. The average Bonchev–Trinajstić information content (AvgIpc) is 2.75. The van der Waals surface area contributed by atoms with E-state index in [0.717, 1.165) is 15.6 Å². The summed E-state index contributed by atoms with van der Waals surface area (Å²) in [6, 6.07) is 9.78. The molecule has 92 valence electrons. The summed E-state index contributed by atoms with van der Waals surface area (Å²) in [5.74, 6) is 0. The van der Waals surface area contributed by atoms with Gasteiger partial charge in [-0.1, -0.05) is 23.7 Å². The van der Waals surface area contributed by atoms with Crippen molar-refractivity contribution in [2.75, 3.05) is 7.11 Å². The minimum absolute atomic E-state index is 0.375. The highest BCUT2D eigenvalue weighted by Gasteiger charge is 2.10. The molecule has 2 aromatic rings. The second kappa shape index (κ2) is 5.96. The van der Waals surface area contributed by atoms with Gasteiger partial charge in [-0.05, 0) is 17.7 Å². The normalized spacial score (nSPS) is 10.3. The van der Waals surface area contributed by atoms with E-state index >= 15 is 0 Å². The second-order valence-electron chi connectivity index (χ2n) is 3.73. The molecule has 0 atom stereocenters. The molecule has 2 rings (SSSR count). The highest BCUT2D eigenvalue weighted by Crippen LogP contribution is 2.21. The van der Waals surface area contributed by atoms with Crippen LogP contribution in [0.1, 0.15) is 21.1 Å². The molecule has 1 heterocycles. The summed E-state index contributed by atoms with van der Waals surface area (Å²) in [4.78, 5) is 5.05. The number of rotatable bonds is 4. The average molecular weight is 279 g/mol.